The van der Waals surface area contributed by atoms with Crippen LogP contribution in [0.3, 0.4) is 0 Å². The number of hydrogen-bond acceptors (Lipinski definition) is 4. The van der Waals surface area contributed by atoms with Crippen LogP contribution in [-0.4, -0.2) is 28.1 Å². The lowest BCUT2D eigenvalue weighted by atomic mass is 9.98. The maximum Gasteiger partial charge on any atom is 0.214 e. The van der Waals surface area contributed by atoms with Gasteiger partial charge in [0, 0.05) is 19.2 Å². The quantitative estimate of drug-likeness (QED) is 0.634. The average molecular weight is 412 g/mol. The molecule has 0 atom stereocenters. The highest BCUT2D eigenvalue weighted by Gasteiger charge is 2.30. The molecule has 1 fully saturated rings. The van der Waals surface area contributed by atoms with Gasteiger partial charge in [0.05, 0.1) is 22.6 Å². The van der Waals surface area contributed by atoms with Crippen molar-refractivity contribution in [2.45, 2.75) is 36.5 Å². The van der Waals surface area contributed by atoms with Crippen molar-refractivity contribution in [1.82, 2.24) is 0 Å². The van der Waals surface area contributed by atoms with Crippen LogP contribution in [-0.2, 0) is 9.84 Å². The molecule has 4 rings (SSSR count). The fourth-order valence-electron chi connectivity index (χ4n) is 3.94. The number of hydrogen-bond donors (Lipinski definition) is 0. The van der Waals surface area contributed by atoms with Gasteiger partial charge in [-0.25, -0.2) is 13.4 Å². The van der Waals surface area contributed by atoms with Crippen molar-refractivity contribution < 1.29 is 18.1 Å². The van der Waals surface area contributed by atoms with E-state index in [-0.39, 0.29) is 0 Å². The Morgan fingerprint density at radius 1 is 1.10 bits per heavy atom. The SMILES string of the molecule is CCOc1ccc2[nH+]cc(S(=O)(=O)c3ccccc3)c(N3CCC(C)CC3)c2c1. The summed E-state index contributed by atoms with van der Waals surface area (Å²) in [6.07, 6.45) is 3.74. The van der Waals surface area contributed by atoms with E-state index >= 15 is 0 Å². The predicted octanol–water partition coefficient (Wildman–Crippen LogP) is 4.12. The first-order valence-electron chi connectivity index (χ1n) is 10.2. The van der Waals surface area contributed by atoms with E-state index in [0.29, 0.717) is 22.3 Å². The molecule has 1 saturated heterocycles. The molecule has 2 heterocycles. The molecule has 1 aliphatic rings. The van der Waals surface area contributed by atoms with Gasteiger partial charge >= 0.3 is 0 Å². The van der Waals surface area contributed by atoms with Crippen LogP contribution in [0, 0.1) is 5.92 Å². The van der Waals surface area contributed by atoms with Gasteiger partial charge in [0.1, 0.15) is 5.75 Å². The molecule has 1 N–H and O–H groups in total. The Balaban J connectivity index is 1.95. The van der Waals surface area contributed by atoms with E-state index in [2.05, 4.69) is 16.8 Å². The smallest absolute Gasteiger partial charge is 0.214 e. The summed E-state index contributed by atoms with van der Waals surface area (Å²) in [5, 5.41) is 0.877. The van der Waals surface area contributed by atoms with E-state index < -0.39 is 9.84 Å². The van der Waals surface area contributed by atoms with Gasteiger partial charge in [-0.15, -0.1) is 0 Å². The van der Waals surface area contributed by atoms with Crippen molar-refractivity contribution in [3.63, 3.8) is 0 Å². The lowest BCUT2D eigenvalue weighted by molar-refractivity contribution is -0.347. The van der Waals surface area contributed by atoms with E-state index in [9.17, 15) is 8.42 Å². The Hall–Kier alpha value is -2.60. The number of nitrogens with zero attached hydrogens (tertiary/aromatic N) is 1. The van der Waals surface area contributed by atoms with E-state index in [1.807, 2.05) is 31.2 Å². The molecule has 6 heteroatoms. The minimum absolute atomic E-state index is 0.306. The van der Waals surface area contributed by atoms with Gasteiger partial charge in [-0.05, 0) is 49.9 Å². The van der Waals surface area contributed by atoms with Crippen molar-refractivity contribution in [3.8, 4) is 5.75 Å². The Morgan fingerprint density at radius 2 is 1.83 bits per heavy atom. The maximum atomic E-state index is 13.5. The van der Waals surface area contributed by atoms with Crippen molar-refractivity contribution in [3.05, 3.63) is 54.7 Å². The number of anilines is 1. The molecule has 152 valence electrons. The largest absolute Gasteiger partial charge is 0.494 e. The number of piperidine rings is 1. The second-order valence-corrected chi connectivity index (χ2v) is 9.55. The third-order valence-corrected chi connectivity index (χ3v) is 7.38. The molecule has 29 heavy (non-hydrogen) atoms. The lowest BCUT2D eigenvalue weighted by Gasteiger charge is -2.33. The Bertz CT molecular complexity index is 1110. The van der Waals surface area contributed by atoms with Crippen LogP contribution in [0.25, 0.3) is 10.9 Å². The number of sulfone groups is 1. The summed E-state index contributed by atoms with van der Waals surface area (Å²) in [6.45, 7) is 6.45. The van der Waals surface area contributed by atoms with Crippen LogP contribution < -0.4 is 14.6 Å². The number of fused-ring (bicyclic) bond motifs is 1. The minimum atomic E-state index is -3.66. The lowest BCUT2D eigenvalue weighted by Crippen LogP contribution is -2.34. The first-order chi connectivity index (χ1) is 14.0. The molecule has 0 saturated carbocycles. The van der Waals surface area contributed by atoms with Crippen LogP contribution in [0.4, 0.5) is 5.69 Å². The first-order valence-corrected chi connectivity index (χ1v) is 11.7. The van der Waals surface area contributed by atoms with Gasteiger partial charge in [0.15, 0.2) is 11.1 Å². The van der Waals surface area contributed by atoms with Gasteiger partial charge in [0.25, 0.3) is 0 Å². The third kappa shape index (κ3) is 3.81. The second kappa shape index (κ2) is 8.03. The van der Waals surface area contributed by atoms with E-state index in [1.54, 1.807) is 30.5 Å². The monoisotopic (exact) mass is 411 g/mol. The van der Waals surface area contributed by atoms with E-state index in [4.69, 9.17) is 4.74 Å². The van der Waals surface area contributed by atoms with Gasteiger partial charge in [0.2, 0.25) is 15.4 Å². The van der Waals surface area contributed by atoms with E-state index in [0.717, 1.165) is 48.3 Å². The molecule has 1 aromatic heterocycles. The number of aromatic amines is 1. The Morgan fingerprint density at radius 3 is 2.52 bits per heavy atom. The number of ether oxygens (including phenoxy) is 1. The number of nitrogens with one attached hydrogen (secondary N) is 1. The zero-order valence-electron chi connectivity index (χ0n) is 16.9. The van der Waals surface area contributed by atoms with Crippen LogP contribution in [0.2, 0.25) is 0 Å². The molecule has 0 radical (unpaired) electrons. The normalized spacial score (nSPS) is 15.6. The van der Waals surface area contributed by atoms with Crippen LogP contribution in [0.1, 0.15) is 26.7 Å². The van der Waals surface area contributed by atoms with Crippen molar-refractivity contribution in [2.75, 3.05) is 24.6 Å². The zero-order valence-corrected chi connectivity index (χ0v) is 17.7. The molecule has 3 aromatic rings. The number of pyridine rings is 1. The molecule has 0 unspecified atom stereocenters. The molecule has 0 amide bonds. The van der Waals surface area contributed by atoms with Crippen molar-refractivity contribution in [2.24, 2.45) is 5.92 Å². The summed E-state index contributed by atoms with van der Waals surface area (Å²) in [5.41, 5.74) is 1.67. The number of rotatable bonds is 5. The van der Waals surface area contributed by atoms with Gasteiger partial charge in [-0.3, -0.25) is 0 Å². The Kier molecular flexibility index (Phi) is 5.46. The molecular weight excluding hydrogens is 384 g/mol. The molecule has 1 aliphatic heterocycles. The summed E-state index contributed by atoms with van der Waals surface area (Å²) in [5.74, 6) is 1.40. The zero-order chi connectivity index (χ0) is 20.4. The highest BCUT2D eigenvalue weighted by atomic mass is 32.2. The van der Waals surface area contributed by atoms with Crippen LogP contribution in [0.5, 0.6) is 5.75 Å². The first kappa shape index (κ1) is 19.7. The van der Waals surface area contributed by atoms with Gasteiger partial charge < -0.3 is 9.64 Å². The summed E-state index contributed by atoms with van der Waals surface area (Å²) < 4.78 is 32.8. The summed E-state index contributed by atoms with van der Waals surface area (Å²) in [4.78, 5) is 6.04. The van der Waals surface area contributed by atoms with E-state index in [1.165, 1.54) is 0 Å². The van der Waals surface area contributed by atoms with Crippen LogP contribution >= 0.6 is 0 Å². The maximum absolute atomic E-state index is 13.5. The molecule has 0 bridgehead atoms. The fraction of sp³-hybridized carbons (Fsp3) is 0.348. The standard InChI is InChI=1S/C23H26N2O3S/c1-3-28-18-9-10-21-20(15-18)23(25-13-11-17(2)12-14-25)22(16-24-21)29(26,27)19-7-5-4-6-8-19/h4-10,15-17H,3,11-14H2,1-2H3/p+1. The van der Waals surface area contributed by atoms with Crippen molar-refractivity contribution in [1.29, 1.82) is 0 Å². The molecular formula is C23H27N2O3S+. The Labute approximate surface area is 172 Å². The highest BCUT2D eigenvalue weighted by molar-refractivity contribution is 7.91. The number of H-pyrrole nitrogens is 1. The van der Waals surface area contributed by atoms with Crippen molar-refractivity contribution >= 4 is 26.4 Å². The van der Waals surface area contributed by atoms with Crippen LogP contribution in [0.15, 0.2) is 64.5 Å². The third-order valence-electron chi connectivity index (χ3n) is 5.59. The minimum Gasteiger partial charge on any atom is -0.494 e. The molecule has 0 spiro atoms. The molecule has 2 aromatic carbocycles. The predicted molar refractivity (Wildman–Crippen MR) is 114 cm³/mol. The van der Waals surface area contributed by atoms with Gasteiger partial charge in [-0.1, -0.05) is 25.1 Å². The summed E-state index contributed by atoms with van der Waals surface area (Å²) in [6, 6.07) is 14.5. The highest BCUT2D eigenvalue weighted by Crippen LogP contribution is 2.37. The topological polar surface area (TPSA) is 60.8 Å². The average Bonchev–Trinajstić information content (AvgIpc) is 2.74. The summed E-state index contributed by atoms with van der Waals surface area (Å²) >= 11 is 0. The number of aromatic nitrogens is 1. The molecule has 5 nitrogen and oxygen atoms in total. The molecule has 0 aliphatic carbocycles. The fourth-order valence-corrected chi connectivity index (χ4v) is 5.41. The number of benzene rings is 2. The second-order valence-electron chi connectivity index (χ2n) is 7.63. The van der Waals surface area contributed by atoms with Gasteiger partial charge in [-0.2, -0.15) is 0 Å². The summed E-state index contributed by atoms with van der Waals surface area (Å²) in [7, 11) is -3.66.